The summed E-state index contributed by atoms with van der Waals surface area (Å²) >= 11 is 1.90. The molecule has 0 saturated carbocycles. The summed E-state index contributed by atoms with van der Waals surface area (Å²) in [6.07, 6.45) is 1.07. The van der Waals surface area contributed by atoms with Crippen molar-refractivity contribution < 1.29 is 4.79 Å². The van der Waals surface area contributed by atoms with E-state index in [1.807, 2.05) is 24.9 Å². The average Bonchev–Trinajstić information content (AvgIpc) is 2.86. The molecule has 1 N–H and O–H groups in total. The number of thioether (sulfide) groups is 1. The summed E-state index contributed by atoms with van der Waals surface area (Å²) in [5, 5.41) is 7.42. The van der Waals surface area contributed by atoms with Gasteiger partial charge in [0, 0.05) is 18.8 Å². The Hall–Kier alpha value is -0.970. The maximum atomic E-state index is 12.1. The molecule has 1 aromatic rings. The molecule has 4 nitrogen and oxygen atoms in total. The first kappa shape index (κ1) is 12.5. The number of hydrogen-bond donors (Lipinski definition) is 1. The van der Waals surface area contributed by atoms with Crippen LogP contribution in [0.15, 0.2) is 6.07 Å². The molecule has 1 amide bonds. The molecule has 0 radical (unpaired) electrons. The number of carbonyl (C=O) groups is 1. The Balaban J connectivity index is 2.07. The van der Waals surface area contributed by atoms with Gasteiger partial charge in [-0.15, -0.1) is 0 Å². The average molecular weight is 253 g/mol. The van der Waals surface area contributed by atoms with Gasteiger partial charge >= 0.3 is 0 Å². The van der Waals surface area contributed by atoms with E-state index in [1.54, 1.807) is 4.68 Å². The summed E-state index contributed by atoms with van der Waals surface area (Å²) in [6.45, 7) is 4.16. The molecule has 94 valence electrons. The predicted octanol–water partition coefficient (Wildman–Crippen LogP) is 1.78. The fourth-order valence-corrected chi connectivity index (χ4v) is 3.04. The van der Waals surface area contributed by atoms with Crippen molar-refractivity contribution in [2.24, 2.45) is 7.05 Å². The first-order valence-electron chi connectivity index (χ1n) is 6.00. The van der Waals surface area contributed by atoms with Gasteiger partial charge in [0.15, 0.2) is 0 Å². The zero-order valence-corrected chi connectivity index (χ0v) is 11.4. The standard InChI is InChI=1S/C12H19N3OS/c1-8(2)10-6-11(15(3)14-10)12(16)13-9-4-5-17-7-9/h6,8-9H,4-5,7H2,1-3H3,(H,13,16)/t9-/m1/s1. The van der Waals surface area contributed by atoms with Crippen LogP contribution < -0.4 is 5.32 Å². The third-order valence-corrected chi connectivity index (χ3v) is 4.15. The van der Waals surface area contributed by atoms with Gasteiger partial charge in [0.05, 0.1) is 5.69 Å². The van der Waals surface area contributed by atoms with Gasteiger partial charge in [-0.05, 0) is 24.2 Å². The lowest BCUT2D eigenvalue weighted by molar-refractivity contribution is 0.0931. The molecule has 1 saturated heterocycles. The second-order valence-corrected chi connectivity index (χ2v) is 5.92. The molecule has 1 fully saturated rings. The van der Waals surface area contributed by atoms with Gasteiger partial charge in [-0.3, -0.25) is 9.48 Å². The third kappa shape index (κ3) is 2.83. The summed E-state index contributed by atoms with van der Waals surface area (Å²) in [5.41, 5.74) is 1.63. The highest BCUT2D eigenvalue weighted by Gasteiger charge is 2.21. The van der Waals surface area contributed by atoms with E-state index in [0.29, 0.717) is 17.7 Å². The SMILES string of the molecule is CC(C)c1cc(C(=O)N[C@@H]2CCSC2)n(C)n1. The van der Waals surface area contributed by atoms with Crippen molar-refractivity contribution in [1.82, 2.24) is 15.1 Å². The van der Waals surface area contributed by atoms with Gasteiger partial charge in [0.1, 0.15) is 5.69 Å². The van der Waals surface area contributed by atoms with Crippen molar-refractivity contribution in [3.63, 3.8) is 0 Å². The van der Waals surface area contributed by atoms with Crippen molar-refractivity contribution in [2.45, 2.75) is 32.2 Å². The minimum atomic E-state index is -0.000556. The molecule has 17 heavy (non-hydrogen) atoms. The zero-order valence-electron chi connectivity index (χ0n) is 10.6. The largest absolute Gasteiger partial charge is 0.347 e. The molecule has 1 aliphatic heterocycles. The Labute approximate surface area is 106 Å². The van der Waals surface area contributed by atoms with Crippen LogP contribution in [0.1, 0.15) is 42.4 Å². The fraction of sp³-hybridized carbons (Fsp3) is 0.667. The number of aromatic nitrogens is 2. The number of carbonyl (C=O) groups excluding carboxylic acids is 1. The number of hydrogen-bond acceptors (Lipinski definition) is 3. The molecule has 5 heteroatoms. The lowest BCUT2D eigenvalue weighted by Crippen LogP contribution is -2.35. The second kappa shape index (κ2) is 5.12. The van der Waals surface area contributed by atoms with Gasteiger partial charge in [0.2, 0.25) is 0 Å². The van der Waals surface area contributed by atoms with Crippen LogP contribution in [0.3, 0.4) is 0 Å². The summed E-state index contributed by atoms with van der Waals surface area (Å²) < 4.78 is 1.67. The summed E-state index contributed by atoms with van der Waals surface area (Å²) in [6, 6.07) is 2.21. The second-order valence-electron chi connectivity index (χ2n) is 4.77. The Morgan fingerprint density at radius 2 is 2.41 bits per heavy atom. The molecule has 1 atom stereocenters. The van der Waals surface area contributed by atoms with Crippen LogP contribution in [0, 0.1) is 0 Å². The van der Waals surface area contributed by atoms with Crippen molar-refractivity contribution in [1.29, 1.82) is 0 Å². The quantitative estimate of drug-likeness (QED) is 0.893. The van der Waals surface area contributed by atoms with Gasteiger partial charge in [-0.25, -0.2) is 0 Å². The third-order valence-electron chi connectivity index (χ3n) is 2.99. The zero-order chi connectivity index (χ0) is 12.4. The molecule has 0 aromatic carbocycles. The van der Waals surface area contributed by atoms with E-state index in [2.05, 4.69) is 24.3 Å². The molecule has 1 aliphatic rings. The maximum absolute atomic E-state index is 12.1. The Bertz CT molecular complexity index is 408. The minimum Gasteiger partial charge on any atom is -0.347 e. The van der Waals surface area contributed by atoms with E-state index < -0.39 is 0 Å². The van der Waals surface area contributed by atoms with Crippen molar-refractivity contribution in [2.75, 3.05) is 11.5 Å². The molecule has 0 unspecified atom stereocenters. The van der Waals surface area contributed by atoms with Crippen molar-refractivity contribution in [3.8, 4) is 0 Å². The van der Waals surface area contributed by atoms with E-state index >= 15 is 0 Å². The topological polar surface area (TPSA) is 46.9 Å². The van der Waals surface area contributed by atoms with Gasteiger partial charge in [0.25, 0.3) is 5.91 Å². The van der Waals surface area contributed by atoms with E-state index in [-0.39, 0.29) is 5.91 Å². The van der Waals surface area contributed by atoms with Crippen molar-refractivity contribution >= 4 is 17.7 Å². The van der Waals surface area contributed by atoms with Crippen LogP contribution in [0.4, 0.5) is 0 Å². The first-order valence-corrected chi connectivity index (χ1v) is 7.16. The van der Waals surface area contributed by atoms with E-state index in [0.717, 1.165) is 23.6 Å². The number of aryl methyl sites for hydroxylation is 1. The molecular formula is C12H19N3OS. The number of rotatable bonds is 3. The molecule has 2 heterocycles. The number of nitrogens with zero attached hydrogens (tertiary/aromatic N) is 2. The Kier molecular flexibility index (Phi) is 3.76. The first-order chi connectivity index (χ1) is 8.08. The molecule has 2 rings (SSSR count). The highest BCUT2D eigenvalue weighted by atomic mass is 32.2. The summed E-state index contributed by atoms with van der Waals surface area (Å²) in [7, 11) is 1.82. The Morgan fingerprint density at radius 1 is 1.65 bits per heavy atom. The highest BCUT2D eigenvalue weighted by molar-refractivity contribution is 7.99. The van der Waals surface area contributed by atoms with E-state index in [1.165, 1.54) is 0 Å². The Morgan fingerprint density at radius 3 is 2.94 bits per heavy atom. The van der Waals surface area contributed by atoms with Crippen molar-refractivity contribution in [3.05, 3.63) is 17.5 Å². The van der Waals surface area contributed by atoms with Crippen LogP contribution in [0.5, 0.6) is 0 Å². The smallest absolute Gasteiger partial charge is 0.269 e. The maximum Gasteiger partial charge on any atom is 0.269 e. The van der Waals surface area contributed by atoms with E-state index in [4.69, 9.17) is 0 Å². The lowest BCUT2D eigenvalue weighted by Gasteiger charge is -2.10. The minimum absolute atomic E-state index is 0.000556. The molecule has 0 aliphatic carbocycles. The van der Waals surface area contributed by atoms with Gasteiger partial charge < -0.3 is 5.32 Å². The van der Waals surface area contributed by atoms with E-state index in [9.17, 15) is 4.79 Å². The van der Waals surface area contributed by atoms with Gasteiger partial charge in [-0.2, -0.15) is 16.9 Å². The van der Waals surface area contributed by atoms with Crippen LogP contribution in [-0.2, 0) is 7.05 Å². The fourth-order valence-electron chi connectivity index (χ4n) is 1.89. The highest BCUT2D eigenvalue weighted by Crippen LogP contribution is 2.18. The predicted molar refractivity (Wildman–Crippen MR) is 70.5 cm³/mol. The molecule has 1 aromatic heterocycles. The normalized spacial score (nSPS) is 19.9. The van der Waals surface area contributed by atoms with Crippen LogP contribution in [-0.4, -0.2) is 33.2 Å². The summed E-state index contributed by atoms with van der Waals surface area (Å²) in [5.74, 6) is 2.53. The van der Waals surface area contributed by atoms with Crippen LogP contribution >= 0.6 is 11.8 Å². The molecular weight excluding hydrogens is 234 g/mol. The molecule has 0 spiro atoms. The van der Waals surface area contributed by atoms with Crippen LogP contribution in [0.25, 0.3) is 0 Å². The monoisotopic (exact) mass is 253 g/mol. The summed E-state index contributed by atoms with van der Waals surface area (Å²) in [4.78, 5) is 12.1. The lowest BCUT2D eigenvalue weighted by atomic mass is 10.1. The molecule has 0 bridgehead atoms. The van der Waals surface area contributed by atoms with Gasteiger partial charge in [-0.1, -0.05) is 13.8 Å². The van der Waals surface area contributed by atoms with Crippen LogP contribution in [0.2, 0.25) is 0 Å². The number of nitrogens with one attached hydrogen (secondary N) is 1. The number of amides is 1.